The van der Waals surface area contributed by atoms with Crippen LogP contribution in [0.4, 0.5) is 0 Å². The van der Waals surface area contributed by atoms with Crippen LogP contribution in [0.1, 0.15) is 64.2 Å². The summed E-state index contributed by atoms with van der Waals surface area (Å²) in [6.45, 7) is 0.710. The number of carboxylic acid groups (broad SMARTS) is 1. The third-order valence-electron chi connectivity index (χ3n) is 4.43. The molecule has 2 fully saturated rings. The molecule has 0 aromatic rings. The second-order valence-corrected chi connectivity index (χ2v) is 6.04. The van der Waals surface area contributed by atoms with Gasteiger partial charge in [0.2, 0.25) is 5.91 Å². The fourth-order valence-corrected chi connectivity index (χ4v) is 3.22. The molecular formula is C15H25NO4. The molecule has 5 nitrogen and oxygen atoms in total. The van der Waals surface area contributed by atoms with Crippen LogP contribution < -0.4 is 5.32 Å². The first-order chi connectivity index (χ1) is 9.62. The van der Waals surface area contributed by atoms with Crippen LogP contribution in [0.5, 0.6) is 0 Å². The molecule has 1 heterocycles. The third-order valence-corrected chi connectivity index (χ3v) is 4.43. The molecule has 0 radical (unpaired) electrons. The molecule has 1 unspecified atom stereocenters. The molecule has 1 atom stereocenters. The molecule has 114 valence electrons. The molecule has 2 aliphatic rings. The molecule has 1 aliphatic carbocycles. The fraction of sp³-hybridized carbons (Fsp3) is 0.867. The Morgan fingerprint density at radius 1 is 1.10 bits per heavy atom. The molecular weight excluding hydrogens is 258 g/mol. The lowest BCUT2D eigenvalue weighted by molar-refractivity contribution is -0.149. The Hall–Kier alpha value is -1.10. The van der Waals surface area contributed by atoms with Gasteiger partial charge in [0.15, 0.2) is 0 Å². The molecule has 5 heteroatoms. The summed E-state index contributed by atoms with van der Waals surface area (Å²) in [5, 5.41) is 12.3. The summed E-state index contributed by atoms with van der Waals surface area (Å²) in [6.07, 6.45) is 8.20. The molecule has 1 saturated carbocycles. The van der Waals surface area contributed by atoms with Gasteiger partial charge in [-0.2, -0.15) is 0 Å². The maximum Gasteiger partial charge on any atom is 0.329 e. The number of amides is 1. The third kappa shape index (κ3) is 3.95. The van der Waals surface area contributed by atoms with E-state index in [1.165, 1.54) is 0 Å². The highest BCUT2D eigenvalue weighted by molar-refractivity contribution is 5.87. The van der Waals surface area contributed by atoms with Crippen molar-refractivity contribution in [1.82, 2.24) is 5.32 Å². The lowest BCUT2D eigenvalue weighted by atomic mass is 9.89. The summed E-state index contributed by atoms with van der Waals surface area (Å²) in [6, 6.07) is 0. The Morgan fingerprint density at radius 2 is 1.80 bits per heavy atom. The lowest BCUT2D eigenvalue weighted by Gasteiger charge is -2.30. The predicted molar refractivity (Wildman–Crippen MR) is 74.4 cm³/mol. The Bertz CT molecular complexity index is 342. The van der Waals surface area contributed by atoms with E-state index < -0.39 is 11.5 Å². The minimum atomic E-state index is -1.05. The number of nitrogens with one attached hydrogen (secondary N) is 1. The van der Waals surface area contributed by atoms with E-state index in [0.717, 1.165) is 44.9 Å². The first-order valence-electron chi connectivity index (χ1n) is 7.78. The number of hydrogen-bond acceptors (Lipinski definition) is 3. The predicted octanol–water partition coefficient (Wildman–Crippen LogP) is 2.24. The summed E-state index contributed by atoms with van der Waals surface area (Å²) in [7, 11) is 0. The van der Waals surface area contributed by atoms with Crippen molar-refractivity contribution in [2.75, 3.05) is 6.61 Å². The average molecular weight is 283 g/mol. The van der Waals surface area contributed by atoms with E-state index in [9.17, 15) is 14.7 Å². The standard InChI is InChI=1S/C15H25NO4/c17-13(11-12-7-3-6-10-20-12)16-15(14(18)19)8-4-1-2-5-9-15/h12H,1-11H2,(H,16,17)(H,18,19). The quantitative estimate of drug-likeness (QED) is 0.776. The monoisotopic (exact) mass is 283 g/mol. The zero-order chi connectivity index (χ0) is 14.4. The van der Waals surface area contributed by atoms with E-state index >= 15 is 0 Å². The van der Waals surface area contributed by atoms with Gasteiger partial charge < -0.3 is 15.2 Å². The van der Waals surface area contributed by atoms with E-state index in [1.807, 2.05) is 0 Å². The van der Waals surface area contributed by atoms with Crippen LogP contribution in [0.2, 0.25) is 0 Å². The van der Waals surface area contributed by atoms with Gasteiger partial charge in [0, 0.05) is 6.61 Å². The van der Waals surface area contributed by atoms with E-state index in [1.54, 1.807) is 0 Å². The molecule has 0 aromatic heterocycles. The number of ether oxygens (including phenoxy) is 1. The normalized spacial score (nSPS) is 26.5. The maximum absolute atomic E-state index is 12.1. The molecule has 2 N–H and O–H groups in total. The summed E-state index contributed by atoms with van der Waals surface area (Å²) >= 11 is 0. The zero-order valence-corrected chi connectivity index (χ0v) is 12.0. The largest absolute Gasteiger partial charge is 0.480 e. The summed E-state index contributed by atoms with van der Waals surface area (Å²) in [4.78, 5) is 23.8. The van der Waals surface area contributed by atoms with E-state index in [4.69, 9.17) is 4.74 Å². The Balaban J connectivity index is 1.92. The summed E-state index contributed by atoms with van der Waals surface area (Å²) in [5.74, 6) is -1.07. The topological polar surface area (TPSA) is 75.6 Å². The van der Waals surface area contributed by atoms with Gasteiger partial charge in [-0.05, 0) is 32.1 Å². The van der Waals surface area contributed by atoms with Gasteiger partial charge in [0.05, 0.1) is 12.5 Å². The number of rotatable bonds is 4. The zero-order valence-electron chi connectivity index (χ0n) is 12.0. The lowest BCUT2D eigenvalue weighted by Crippen LogP contribution is -2.54. The van der Waals surface area contributed by atoms with Gasteiger partial charge >= 0.3 is 5.97 Å². The minimum absolute atomic E-state index is 0.0413. The number of carboxylic acids is 1. The molecule has 0 spiro atoms. The van der Waals surface area contributed by atoms with Gasteiger partial charge in [-0.3, -0.25) is 4.79 Å². The summed E-state index contributed by atoms with van der Waals surface area (Å²) < 4.78 is 5.55. The van der Waals surface area contributed by atoms with Gasteiger partial charge in [0.25, 0.3) is 0 Å². The second-order valence-electron chi connectivity index (χ2n) is 6.04. The Kier molecular flexibility index (Phi) is 5.40. The van der Waals surface area contributed by atoms with Crippen LogP contribution in [-0.2, 0) is 14.3 Å². The molecule has 0 bridgehead atoms. The molecule has 1 saturated heterocycles. The molecule has 0 aromatic carbocycles. The fourth-order valence-electron chi connectivity index (χ4n) is 3.22. The van der Waals surface area contributed by atoms with Crippen molar-refractivity contribution in [3.63, 3.8) is 0 Å². The number of hydrogen-bond donors (Lipinski definition) is 2. The molecule has 1 amide bonds. The van der Waals surface area contributed by atoms with E-state index in [-0.39, 0.29) is 18.4 Å². The van der Waals surface area contributed by atoms with Gasteiger partial charge in [-0.1, -0.05) is 25.7 Å². The van der Waals surface area contributed by atoms with Crippen LogP contribution >= 0.6 is 0 Å². The highest BCUT2D eigenvalue weighted by Crippen LogP contribution is 2.28. The van der Waals surface area contributed by atoms with Crippen LogP contribution in [0, 0.1) is 0 Å². The van der Waals surface area contributed by atoms with Crippen LogP contribution in [0.15, 0.2) is 0 Å². The average Bonchev–Trinajstić information content (AvgIpc) is 2.66. The van der Waals surface area contributed by atoms with Crippen LogP contribution in [0.3, 0.4) is 0 Å². The number of carbonyl (C=O) groups excluding carboxylic acids is 1. The van der Waals surface area contributed by atoms with Crippen molar-refractivity contribution in [2.24, 2.45) is 0 Å². The second kappa shape index (κ2) is 7.07. The van der Waals surface area contributed by atoms with E-state index in [0.29, 0.717) is 19.4 Å². The van der Waals surface area contributed by atoms with Gasteiger partial charge in [-0.15, -0.1) is 0 Å². The van der Waals surface area contributed by atoms with Gasteiger partial charge in [-0.25, -0.2) is 4.79 Å². The maximum atomic E-state index is 12.1. The SMILES string of the molecule is O=C(CC1CCCCO1)NC1(C(=O)O)CCCCCC1. The van der Waals surface area contributed by atoms with Gasteiger partial charge in [0.1, 0.15) is 5.54 Å². The highest BCUT2D eigenvalue weighted by Gasteiger charge is 2.40. The van der Waals surface area contributed by atoms with Crippen molar-refractivity contribution < 1.29 is 19.4 Å². The molecule has 1 aliphatic heterocycles. The molecule has 2 rings (SSSR count). The van der Waals surface area contributed by atoms with Crippen molar-refractivity contribution in [3.05, 3.63) is 0 Å². The van der Waals surface area contributed by atoms with Crippen molar-refractivity contribution in [2.45, 2.75) is 75.9 Å². The highest BCUT2D eigenvalue weighted by atomic mass is 16.5. The number of aliphatic carboxylic acids is 1. The summed E-state index contributed by atoms with van der Waals surface area (Å²) in [5.41, 5.74) is -1.05. The van der Waals surface area contributed by atoms with E-state index in [2.05, 4.69) is 5.32 Å². The first kappa shape index (κ1) is 15.3. The van der Waals surface area contributed by atoms with Crippen LogP contribution in [0.25, 0.3) is 0 Å². The Labute approximate surface area is 120 Å². The van der Waals surface area contributed by atoms with Crippen LogP contribution in [-0.4, -0.2) is 35.2 Å². The minimum Gasteiger partial charge on any atom is -0.480 e. The smallest absolute Gasteiger partial charge is 0.329 e. The van der Waals surface area contributed by atoms with Crippen molar-refractivity contribution in [1.29, 1.82) is 0 Å². The number of carbonyl (C=O) groups is 2. The van der Waals surface area contributed by atoms with Crippen molar-refractivity contribution in [3.8, 4) is 0 Å². The Morgan fingerprint density at radius 3 is 2.35 bits per heavy atom. The first-order valence-corrected chi connectivity index (χ1v) is 7.78. The molecule has 20 heavy (non-hydrogen) atoms. The van der Waals surface area contributed by atoms with Crippen molar-refractivity contribution >= 4 is 11.9 Å².